The van der Waals surface area contributed by atoms with Gasteiger partial charge in [0.15, 0.2) is 0 Å². The van der Waals surface area contributed by atoms with E-state index in [9.17, 15) is 14.9 Å². The Morgan fingerprint density at radius 3 is 2.71 bits per heavy atom. The van der Waals surface area contributed by atoms with Gasteiger partial charge in [-0.15, -0.1) is 0 Å². The van der Waals surface area contributed by atoms with Crippen molar-refractivity contribution in [1.82, 2.24) is 0 Å². The van der Waals surface area contributed by atoms with Crippen molar-refractivity contribution in [2.45, 2.75) is 6.92 Å². The molecule has 0 aliphatic heterocycles. The van der Waals surface area contributed by atoms with Crippen molar-refractivity contribution < 1.29 is 19.6 Å². The molecule has 0 amide bonds. The number of aryl methyl sites for hydroxylation is 1. The van der Waals surface area contributed by atoms with Gasteiger partial charge in [-0.25, -0.2) is 4.79 Å². The molecular formula is C11H11NO5. The average Bonchev–Trinajstić information content (AvgIpc) is 2.26. The molecule has 1 rings (SSSR count). The maximum Gasteiger partial charge on any atom is 0.334 e. The van der Waals surface area contributed by atoms with Crippen LogP contribution in [0.2, 0.25) is 0 Å². The number of non-ortho nitro benzene ring substituents is 1. The first-order chi connectivity index (χ1) is 7.91. The molecule has 0 aliphatic rings. The molecule has 1 aromatic rings. The van der Waals surface area contributed by atoms with Crippen LogP contribution in [-0.4, -0.2) is 22.6 Å². The minimum Gasteiger partial charge on any atom is -0.488 e. The number of carboxylic acid groups (broad SMARTS) is 1. The number of benzene rings is 1. The second-order valence-corrected chi connectivity index (χ2v) is 3.40. The summed E-state index contributed by atoms with van der Waals surface area (Å²) >= 11 is 0. The third-order valence-corrected chi connectivity index (χ3v) is 2.07. The first kappa shape index (κ1) is 12.7. The van der Waals surface area contributed by atoms with Gasteiger partial charge in [0.1, 0.15) is 12.4 Å². The summed E-state index contributed by atoms with van der Waals surface area (Å²) < 4.78 is 5.19. The molecule has 0 atom stereocenters. The van der Waals surface area contributed by atoms with E-state index < -0.39 is 10.9 Å². The van der Waals surface area contributed by atoms with Crippen LogP contribution >= 0.6 is 0 Å². The summed E-state index contributed by atoms with van der Waals surface area (Å²) in [6, 6.07) is 4.09. The van der Waals surface area contributed by atoms with E-state index in [1.54, 1.807) is 6.92 Å². The van der Waals surface area contributed by atoms with Crippen LogP contribution in [0.25, 0.3) is 0 Å². The number of nitro benzene ring substituents is 1. The molecule has 0 unspecified atom stereocenters. The Labute approximate surface area is 97.3 Å². The molecule has 0 spiro atoms. The largest absolute Gasteiger partial charge is 0.488 e. The van der Waals surface area contributed by atoms with Crippen molar-refractivity contribution >= 4 is 11.7 Å². The first-order valence-electron chi connectivity index (χ1n) is 4.70. The Morgan fingerprint density at radius 2 is 2.24 bits per heavy atom. The molecule has 1 aromatic carbocycles. The number of carbonyl (C=O) groups is 1. The number of nitrogens with zero attached hydrogens (tertiary/aromatic N) is 1. The molecule has 0 heterocycles. The number of aliphatic carboxylic acids is 1. The van der Waals surface area contributed by atoms with E-state index in [0.29, 0.717) is 11.3 Å². The van der Waals surface area contributed by atoms with Crippen molar-refractivity contribution in [2.24, 2.45) is 0 Å². The van der Waals surface area contributed by atoms with Crippen LogP contribution in [0, 0.1) is 17.0 Å². The van der Waals surface area contributed by atoms with Crippen molar-refractivity contribution in [3.05, 3.63) is 46.0 Å². The second-order valence-electron chi connectivity index (χ2n) is 3.40. The first-order valence-corrected chi connectivity index (χ1v) is 4.70. The molecule has 0 saturated carbocycles. The van der Waals surface area contributed by atoms with Gasteiger partial charge in [-0.1, -0.05) is 6.58 Å². The van der Waals surface area contributed by atoms with Crippen LogP contribution in [0.5, 0.6) is 5.75 Å². The van der Waals surface area contributed by atoms with Crippen molar-refractivity contribution in [3.63, 3.8) is 0 Å². The maximum absolute atomic E-state index is 10.5. The fourth-order valence-electron chi connectivity index (χ4n) is 1.14. The fraction of sp³-hybridized carbons (Fsp3) is 0.182. The monoisotopic (exact) mass is 237 g/mol. The van der Waals surface area contributed by atoms with Crippen LogP contribution in [0.4, 0.5) is 5.69 Å². The normalized spacial score (nSPS) is 9.71. The minimum atomic E-state index is -1.13. The summed E-state index contributed by atoms with van der Waals surface area (Å²) in [5, 5.41) is 19.1. The Morgan fingerprint density at radius 1 is 1.59 bits per heavy atom. The molecule has 0 bridgehead atoms. The van der Waals surface area contributed by atoms with E-state index in [0.717, 1.165) is 0 Å². The van der Waals surface area contributed by atoms with E-state index in [-0.39, 0.29) is 17.9 Å². The topological polar surface area (TPSA) is 89.7 Å². The molecule has 0 saturated heterocycles. The highest BCUT2D eigenvalue weighted by atomic mass is 16.6. The zero-order valence-electron chi connectivity index (χ0n) is 9.17. The molecule has 0 aromatic heterocycles. The fourth-order valence-corrected chi connectivity index (χ4v) is 1.14. The Hall–Kier alpha value is -2.37. The van der Waals surface area contributed by atoms with Gasteiger partial charge in [0.25, 0.3) is 5.69 Å². The van der Waals surface area contributed by atoms with Crippen LogP contribution < -0.4 is 4.74 Å². The summed E-state index contributed by atoms with van der Waals surface area (Å²) in [4.78, 5) is 20.5. The molecule has 0 aliphatic carbocycles. The van der Waals surface area contributed by atoms with Crippen LogP contribution in [0.3, 0.4) is 0 Å². The molecule has 90 valence electrons. The zero-order valence-corrected chi connectivity index (χ0v) is 9.17. The predicted octanol–water partition coefficient (Wildman–Crippen LogP) is 1.92. The average molecular weight is 237 g/mol. The second kappa shape index (κ2) is 5.11. The van der Waals surface area contributed by atoms with Gasteiger partial charge in [0.2, 0.25) is 0 Å². The van der Waals surface area contributed by atoms with Crippen molar-refractivity contribution in [2.75, 3.05) is 6.61 Å². The third-order valence-electron chi connectivity index (χ3n) is 2.07. The Bertz CT molecular complexity index is 481. The molecule has 0 fully saturated rings. The Kier molecular flexibility index (Phi) is 3.82. The number of carboxylic acids is 1. The highest BCUT2D eigenvalue weighted by molar-refractivity contribution is 5.86. The van der Waals surface area contributed by atoms with E-state index in [2.05, 4.69) is 6.58 Å². The molecule has 1 N–H and O–H groups in total. The number of ether oxygens (including phenoxy) is 1. The summed E-state index contributed by atoms with van der Waals surface area (Å²) in [6.07, 6.45) is 0. The predicted molar refractivity (Wildman–Crippen MR) is 60.1 cm³/mol. The van der Waals surface area contributed by atoms with Crippen LogP contribution in [0.15, 0.2) is 30.4 Å². The van der Waals surface area contributed by atoms with E-state index in [1.165, 1.54) is 18.2 Å². The highest BCUT2D eigenvalue weighted by Crippen LogP contribution is 2.23. The Balaban J connectivity index is 2.76. The lowest BCUT2D eigenvalue weighted by molar-refractivity contribution is -0.384. The highest BCUT2D eigenvalue weighted by Gasteiger charge is 2.10. The van der Waals surface area contributed by atoms with Gasteiger partial charge in [-0.2, -0.15) is 0 Å². The number of hydrogen-bond acceptors (Lipinski definition) is 4. The summed E-state index contributed by atoms with van der Waals surface area (Å²) in [6.45, 7) is 4.80. The van der Waals surface area contributed by atoms with Crippen molar-refractivity contribution in [1.29, 1.82) is 0 Å². The molecule has 6 nitrogen and oxygen atoms in total. The van der Waals surface area contributed by atoms with Crippen LogP contribution in [-0.2, 0) is 4.79 Å². The van der Waals surface area contributed by atoms with E-state index in [4.69, 9.17) is 9.84 Å². The van der Waals surface area contributed by atoms with E-state index in [1.807, 2.05) is 0 Å². The molecule has 6 heteroatoms. The summed E-state index contributed by atoms with van der Waals surface area (Å²) in [5.74, 6) is -0.734. The SMILES string of the molecule is C=C(COc1ccc([N+](=O)[O-])cc1C)C(=O)O. The number of nitro groups is 1. The van der Waals surface area contributed by atoms with Crippen LogP contribution in [0.1, 0.15) is 5.56 Å². The lowest BCUT2D eigenvalue weighted by atomic mass is 10.2. The minimum absolute atomic E-state index is 0.0353. The maximum atomic E-state index is 10.5. The van der Waals surface area contributed by atoms with Crippen molar-refractivity contribution in [3.8, 4) is 5.75 Å². The van der Waals surface area contributed by atoms with E-state index >= 15 is 0 Å². The smallest absolute Gasteiger partial charge is 0.334 e. The van der Waals surface area contributed by atoms with Gasteiger partial charge < -0.3 is 9.84 Å². The quantitative estimate of drug-likeness (QED) is 0.480. The number of rotatable bonds is 5. The lowest BCUT2D eigenvalue weighted by Crippen LogP contribution is -2.09. The molecular weight excluding hydrogens is 226 g/mol. The lowest BCUT2D eigenvalue weighted by Gasteiger charge is -2.08. The van der Waals surface area contributed by atoms with Gasteiger partial charge in [0.05, 0.1) is 10.5 Å². The third kappa shape index (κ3) is 3.30. The standard InChI is InChI=1S/C11H11NO5/c1-7-5-9(12(15)16)3-4-10(7)17-6-8(2)11(13)14/h3-5H,2,6H2,1H3,(H,13,14). The molecule has 17 heavy (non-hydrogen) atoms. The van der Waals surface area contributed by atoms with Gasteiger partial charge in [-0.3, -0.25) is 10.1 Å². The molecule has 0 radical (unpaired) electrons. The number of hydrogen-bond donors (Lipinski definition) is 1. The van der Waals surface area contributed by atoms with Gasteiger partial charge >= 0.3 is 5.97 Å². The zero-order chi connectivity index (χ0) is 13.0. The van der Waals surface area contributed by atoms with Gasteiger partial charge in [-0.05, 0) is 18.6 Å². The summed E-state index contributed by atoms with van der Waals surface area (Å²) in [5.41, 5.74) is 0.451. The van der Waals surface area contributed by atoms with Gasteiger partial charge in [0, 0.05) is 12.1 Å². The summed E-state index contributed by atoms with van der Waals surface area (Å²) in [7, 11) is 0.